The van der Waals surface area contributed by atoms with Crippen molar-refractivity contribution in [1.82, 2.24) is 10.6 Å². The van der Waals surface area contributed by atoms with Gasteiger partial charge < -0.3 is 10.1 Å². The molecule has 9 rings (SSSR count). The Labute approximate surface area is 292 Å². The van der Waals surface area contributed by atoms with Crippen molar-refractivity contribution in [2.45, 2.75) is 17.7 Å². The summed E-state index contributed by atoms with van der Waals surface area (Å²) >= 11 is 0. The van der Waals surface area contributed by atoms with Crippen molar-refractivity contribution in [3.63, 3.8) is 0 Å². The fourth-order valence-corrected chi connectivity index (χ4v) is 8.06. The molecule has 0 radical (unpaired) electrons. The van der Waals surface area contributed by atoms with Crippen LogP contribution < -0.4 is 15.4 Å². The standard InChI is InChI=1S/C46H35N3O/c1-3-36-40(4-2)50-41-25-14-13-23-38(41)46(36)37-22-12-11-20-35(37)42-34(21-15-24-39(42)46)30-26-28-33(29-27-30)45-48-43(31-16-7-5-8-17-31)47-44(49-45)32-18-9-6-10-19-32/h3-29,43-44,47H,1-2H2,(H,48,49). The molecule has 0 saturated heterocycles. The number of nitrogens with zero attached hydrogens (tertiary/aromatic N) is 1. The number of allylic oxidation sites excluding steroid dienone is 3. The first kappa shape index (κ1) is 29.9. The second-order valence-electron chi connectivity index (χ2n) is 12.8. The van der Waals surface area contributed by atoms with Crippen molar-refractivity contribution in [1.29, 1.82) is 0 Å². The Morgan fingerprint density at radius 3 is 1.94 bits per heavy atom. The summed E-state index contributed by atoms with van der Waals surface area (Å²) in [4.78, 5) is 5.16. The van der Waals surface area contributed by atoms with Gasteiger partial charge in [0.2, 0.25) is 0 Å². The van der Waals surface area contributed by atoms with Gasteiger partial charge in [-0.1, -0.05) is 165 Å². The van der Waals surface area contributed by atoms with Crippen LogP contribution in [0.15, 0.2) is 193 Å². The molecule has 6 aromatic rings. The number of hydrogen-bond donors (Lipinski definition) is 2. The molecule has 3 unspecified atom stereocenters. The topological polar surface area (TPSA) is 45.6 Å². The predicted molar refractivity (Wildman–Crippen MR) is 203 cm³/mol. The molecule has 1 spiro atoms. The quantitative estimate of drug-likeness (QED) is 0.190. The van der Waals surface area contributed by atoms with Crippen molar-refractivity contribution in [2.24, 2.45) is 4.99 Å². The van der Waals surface area contributed by atoms with E-state index >= 15 is 0 Å². The van der Waals surface area contributed by atoms with Crippen molar-refractivity contribution < 1.29 is 4.74 Å². The molecule has 6 aromatic carbocycles. The highest BCUT2D eigenvalue weighted by Crippen LogP contribution is 2.62. The molecule has 0 fully saturated rings. The zero-order valence-corrected chi connectivity index (χ0v) is 27.5. The van der Waals surface area contributed by atoms with Gasteiger partial charge in [0.15, 0.2) is 0 Å². The Hall–Kier alpha value is -6.23. The second kappa shape index (κ2) is 12.0. The van der Waals surface area contributed by atoms with E-state index in [1.807, 2.05) is 30.3 Å². The van der Waals surface area contributed by atoms with Crippen LogP contribution in [-0.2, 0) is 5.41 Å². The summed E-state index contributed by atoms with van der Waals surface area (Å²) in [5.74, 6) is 2.43. The van der Waals surface area contributed by atoms with Crippen molar-refractivity contribution in [3.8, 4) is 28.0 Å². The first-order chi connectivity index (χ1) is 24.7. The SMILES string of the molecule is C=CC1=C(C=C)C2(c3ccccc3O1)c1ccccc1-c1c(-c3ccc(C4=NC(c5ccccc5)NC(c5ccccc5)N4)cc3)cccc12. The van der Waals surface area contributed by atoms with Crippen LogP contribution in [0.3, 0.4) is 0 Å². The summed E-state index contributed by atoms with van der Waals surface area (Å²) < 4.78 is 6.43. The molecule has 2 N–H and O–H groups in total. The van der Waals surface area contributed by atoms with Crippen LogP contribution in [0.25, 0.3) is 22.3 Å². The molecular formula is C46H35N3O. The fourth-order valence-electron chi connectivity index (χ4n) is 8.06. The van der Waals surface area contributed by atoms with Gasteiger partial charge in [-0.3, -0.25) is 5.32 Å². The normalized spacial score (nSPS) is 20.1. The van der Waals surface area contributed by atoms with E-state index in [1.165, 1.54) is 27.8 Å². The molecule has 0 bridgehead atoms. The first-order valence-corrected chi connectivity index (χ1v) is 17.0. The van der Waals surface area contributed by atoms with E-state index in [1.54, 1.807) is 6.08 Å². The summed E-state index contributed by atoms with van der Waals surface area (Å²) in [6, 6.07) is 53.5. The maximum Gasteiger partial charge on any atom is 0.132 e. The van der Waals surface area contributed by atoms with Crippen molar-refractivity contribution in [2.75, 3.05) is 0 Å². The number of fused-ring (bicyclic) bond motifs is 7. The number of para-hydroxylation sites is 1. The van der Waals surface area contributed by atoms with Gasteiger partial charge in [0.25, 0.3) is 0 Å². The van der Waals surface area contributed by atoms with Crippen LogP contribution in [0.1, 0.15) is 45.7 Å². The average molecular weight is 646 g/mol. The lowest BCUT2D eigenvalue weighted by Gasteiger charge is -2.39. The highest BCUT2D eigenvalue weighted by molar-refractivity contribution is 6.01. The largest absolute Gasteiger partial charge is 0.457 e. The number of hydrogen-bond acceptors (Lipinski definition) is 4. The Balaban J connectivity index is 1.17. The molecule has 3 atom stereocenters. The Kier molecular flexibility index (Phi) is 7.19. The first-order valence-electron chi connectivity index (χ1n) is 17.0. The van der Waals surface area contributed by atoms with E-state index < -0.39 is 5.41 Å². The molecule has 240 valence electrons. The third-order valence-corrected chi connectivity index (χ3v) is 10.2. The van der Waals surface area contributed by atoms with Gasteiger partial charge in [-0.25, -0.2) is 4.99 Å². The summed E-state index contributed by atoms with van der Waals surface area (Å²) in [5.41, 5.74) is 12.0. The molecule has 0 amide bonds. The van der Waals surface area contributed by atoms with E-state index in [2.05, 4.69) is 151 Å². The average Bonchev–Trinajstić information content (AvgIpc) is 3.49. The summed E-state index contributed by atoms with van der Waals surface area (Å²) in [6.07, 6.45) is 3.48. The summed E-state index contributed by atoms with van der Waals surface area (Å²) in [6.45, 7) is 8.43. The van der Waals surface area contributed by atoms with Crippen LogP contribution in [-0.4, -0.2) is 5.84 Å². The Bertz CT molecular complexity index is 2340. The third kappa shape index (κ3) is 4.53. The Morgan fingerprint density at radius 1 is 0.580 bits per heavy atom. The number of aliphatic imine (C=N–C) groups is 1. The molecule has 3 aliphatic rings. The third-order valence-electron chi connectivity index (χ3n) is 10.2. The monoisotopic (exact) mass is 645 g/mol. The van der Waals surface area contributed by atoms with E-state index in [0.29, 0.717) is 0 Å². The lowest BCUT2D eigenvalue weighted by Crippen LogP contribution is -2.44. The zero-order chi connectivity index (χ0) is 33.7. The maximum absolute atomic E-state index is 6.43. The second-order valence-corrected chi connectivity index (χ2v) is 12.8. The molecule has 0 saturated carbocycles. The van der Waals surface area contributed by atoms with Gasteiger partial charge in [0.05, 0.1) is 5.41 Å². The highest BCUT2D eigenvalue weighted by atomic mass is 16.5. The van der Waals surface area contributed by atoms with Crippen LogP contribution in [0.2, 0.25) is 0 Å². The minimum Gasteiger partial charge on any atom is -0.457 e. The van der Waals surface area contributed by atoms with Gasteiger partial charge in [-0.05, 0) is 56.6 Å². The Morgan fingerprint density at radius 2 is 1.20 bits per heavy atom. The maximum atomic E-state index is 6.43. The molecule has 50 heavy (non-hydrogen) atoms. The molecule has 4 heteroatoms. The van der Waals surface area contributed by atoms with Crippen molar-refractivity contribution >= 4 is 5.84 Å². The summed E-state index contributed by atoms with van der Waals surface area (Å²) in [7, 11) is 0. The van der Waals surface area contributed by atoms with E-state index in [9.17, 15) is 0 Å². The van der Waals surface area contributed by atoms with Gasteiger partial charge in [0.1, 0.15) is 29.7 Å². The molecular weight excluding hydrogens is 611 g/mol. The smallest absolute Gasteiger partial charge is 0.132 e. The predicted octanol–water partition coefficient (Wildman–Crippen LogP) is 10.0. The lowest BCUT2D eigenvalue weighted by atomic mass is 9.65. The number of ether oxygens (including phenoxy) is 1. The van der Waals surface area contributed by atoms with Gasteiger partial charge in [-0.2, -0.15) is 0 Å². The molecule has 1 aliphatic carbocycles. The molecule has 0 aromatic heterocycles. The van der Waals surface area contributed by atoms with Gasteiger partial charge in [-0.15, -0.1) is 0 Å². The number of benzene rings is 6. The number of rotatable bonds is 6. The molecule has 2 heterocycles. The number of amidine groups is 1. The van der Waals surface area contributed by atoms with E-state index in [0.717, 1.165) is 50.7 Å². The van der Waals surface area contributed by atoms with Crippen LogP contribution in [0.4, 0.5) is 0 Å². The zero-order valence-electron chi connectivity index (χ0n) is 27.5. The van der Waals surface area contributed by atoms with E-state index in [4.69, 9.17) is 9.73 Å². The van der Waals surface area contributed by atoms with E-state index in [-0.39, 0.29) is 12.3 Å². The minimum absolute atomic E-state index is 0.0893. The van der Waals surface area contributed by atoms with Crippen molar-refractivity contribution in [3.05, 3.63) is 222 Å². The number of nitrogens with one attached hydrogen (secondary N) is 2. The van der Waals surface area contributed by atoms with Gasteiger partial charge in [0, 0.05) is 16.7 Å². The van der Waals surface area contributed by atoms with Crippen LogP contribution in [0, 0.1) is 0 Å². The molecule has 2 aliphatic heterocycles. The molecule has 4 nitrogen and oxygen atoms in total. The fraction of sp³-hybridized carbons (Fsp3) is 0.0652. The highest BCUT2D eigenvalue weighted by Gasteiger charge is 2.51. The van der Waals surface area contributed by atoms with Gasteiger partial charge >= 0.3 is 0 Å². The lowest BCUT2D eigenvalue weighted by molar-refractivity contribution is 0.403. The van der Waals surface area contributed by atoms with Crippen LogP contribution in [0.5, 0.6) is 5.75 Å². The van der Waals surface area contributed by atoms with Crippen LogP contribution >= 0.6 is 0 Å². The summed E-state index contributed by atoms with van der Waals surface area (Å²) in [5, 5.41) is 7.36. The minimum atomic E-state index is -0.589.